The molecule has 1 heterocycles. The summed E-state index contributed by atoms with van der Waals surface area (Å²) in [6, 6.07) is 4.58. The molecule has 1 aromatic carbocycles. The lowest BCUT2D eigenvalue weighted by atomic mass is 9.89. The first-order chi connectivity index (χ1) is 11.0. The van der Waals surface area contributed by atoms with Gasteiger partial charge < -0.3 is 9.47 Å². The van der Waals surface area contributed by atoms with Gasteiger partial charge in [-0.1, -0.05) is 0 Å². The normalized spacial score (nSPS) is 19.8. The highest BCUT2D eigenvalue weighted by Crippen LogP contribution is 2.43. The molecule has 0 saturated heterocycles. The molecule has 0 bridgehead atoms. The maximum absolute atomic E-state index is 12.6. The molecular weight excluding hydrogens is 330 g/mol. The van der Waals surface area contributed by atoms with Crippen LogP contribution in [0.25, 0.3) is 0 Å². The summed E-state index contributed by atoms with van der Waals surface area (Å²) in [5, 5.41) is -0.527. The highest BCUT2D eigenvalue weighted by molar-refractivity contribution is 7.89. The Hall–Kier alpha value is -1.60. The molecule has 0 N–H and O–H groups in total. The Bertz CT molecular complexity index is 739. The first kappa shape index (κ1) is 18.7. The molecule has 1 atom stereocenters. The Kier molecular flexibility index (Phi) is 4.97. The van der Waals surface area contributed by atoms with Crippen molar-refractivity contribution in [2.45, 2.75) is 51.0 Å². The predicted octanol–water partition coefficient (Wildman–Crippen LogP) is 2.75. The van der Waals surface area contributed by atoms with Crippen LogP contribution in [0.2, 0.25) is 0 Å². The van der Waals surface area contributed by atoms with Gasteiger partial charge in [-0.05, 0) is 45.9 Å². The average Bonchev–Trinajstić information content (AvgIpc) is 2.51. The summed E-state index contributed by atoms with van der Waals surface area (Å²) in [7, 11) is -0.553. The fourth-order valence-electron chi connectivity index (χ4n) is 2.90. The van der Waals surface area contributed by atoms with Gasteiger partial charge in [0.2, 0.25) is 10.0 Å². The number of sulfonamides is 1. The lowest BCUT2D eigenvalue weighted by molar-refractivity contribution is 0.0534. The Labute approximate surface area is 143 Å². The zero-order valence-corrected chi connectivity index (χ0v) is 15.8. The van der Waals surface area contributed by atoms with Crippen LogP contribution in [0.15, 0.2) is 18.2 Å². The molecule has 1 aromatic rings. The van der Waals surface area contributed by atoms with Crippen LogP contribution in [0.1, 0.15) is 56.1 Å². The molecule has 0 radical (unpaired) electrons. The summed E-state index contributed by atoms with van der Waals surface area (Å²) in [6.07, 6.45) is 0.493. The van der Waals surface area contributed by atoms with Crippen molar-refractivity contribution in [3.63, 3.8) is 0 Å². The van der Waals surface area contributed by atoms with Crippen molar-refractivity contribution >= 4 is 16.0 Å². The molecule has 1 unspecified atom stereocenters. The maximum Gasteiger partial charge on any atom is 0.337 e. The molecule has 134 valence electrons. The minimum absolute atomic E-state index is 0.375. The minimum atomic E-state index is -3.45. The van der Waals surface area contributed by atoms with Crippen LogP contribution in [0.4, 0.5) is 0 Å². The Morgan fingerprint density at radius 3 is 2.54 bits per heavy atom. The summed E-state index contributed by atoms with van der Waals surface area (Å²) < 4.78 is 37.4. The van der Waals surface area contributed by atoms with Gasteiger partial charge in [-0.15, -0.1) is 0 Å². The van der Waals surface area contributed by atoms with E-state index >= 15 is 0 Å². The third kappa shape index (κ3) is 3.42. The van der Waals surface area contributed by atoms with E-state index in [2.05, 4.69) is 0 Å². The van der Waals surface area contributed by atoms with E-state index in [0.717, 1.165) is 0 Å². The highest BCUT2D eigenvalue weighted by Gasteiger charge is 2.40. The van der Waals surface area contributed by atoms with E-state index in [-0.39, 0.29) is 0 Å². The molecule has 0 amide bonds. The van der Waals surface area contributed by atoms with Crippen molar-refractivity contribution in [3.8, 4) is 5.75 Å². The Morgan fingerprint density at radius 1 is 1.38 bits per heavy atom. The number of benzene rings is 1. The van der Waals surface area contributed by atoms with Crippen LogP contribution in [-0.2, 0) is 14.8 Å². The number of hydrogen-bond donors (Lipinski definition) is 0. The first-order valence-electron chi connectivity index (χ1n) is 7.87. The molecule has 0 fully saturated rings. The molecule has 0 spiro atoms. The van der Waals surface area contributed by atoms with Gasteiger partial charge in [-0.2, -0.15) is 4.31 Å². The molecule has 0 aromatic heterocycles. The summed E-state index contributed by atoms with van der Waals surface area (Å²) >= 11 is 0. The topological polar surface area (TPSA) is 72.9 Å². The number of methoxy groups -OCH3 is 1. The number of carbonyl (C=O) groups excluding carboxylic acids is 1. The van der Waals surface area contributed by atoms with Gasteiger partial charge in [0.05, 0.1) is 24.0 Å². The van der Waals surface area contributed by atoms with Crippen molar-refractivity contribution in [3.05, 3.63) is 29.3 Å². The number of ether oxygens (including phenoxy) is 2. The molecule has 1 aliphatic heterocycles. The van der Waals surface area contributed by atoms with E-state index in [1.807, 2.05) is 13.8 Å². The van der Waals surface area contributed by atoms with E-state index in [1.165, 1.54) is 11.4 Å². The van der Waals surface area contributed by atoms with Crippen LogP contribution >= 0.6 is 0 Å². The fraction of sp³-hybridized carbons (Fsp3) is 0.588. The Balaban J connectivity index is 2.55. The first-order valence-corrected chi connectivity index (χ1v) is 9.38. The van der Waals surface area contributed by atoms with Gasteiger partial charge in [0, 0.05) is 19.0 Å². The third-order valence-corrected chi connectivity index (χ3v) is 6.55. The van der Waals surface area contributed by atoms with E-state index in [4.69, 9.17) is 9.47 Å². The predicted molar refractivity (Wildman–Crippen MR) is 91.7 cm³/mol. The molecule has 24 heavy (non-hydrogen) atoms. The second-order valence-corrected chi connectivity index (χ2v) is 9.48. The number of hydrogen-bond acceptors (Lipinski definition) is 5. The molecular formula is C17H25NO5S. The van der Waals surface area contributed by atoms with Crippen molar-refractivity contribution in [1.82, 2.24) is 4.31 Å². The van der Waals surface area contributed by atoms with Crippen molar-refractivity contribution in [1.29, 1.82) is 0 Å². The van der Waals surface area contributed by atoms with Gasteiger partial charge in [0.15, 0.2) is 0 Å². The summed E-state index contributed by atoms with van der Waals surface area (Å²) in [4.78, 5) is 11.8. The van der Waals surface area contributed by atoms with E-state index in [9.17, 15) is 13.2 Å². The number of fused-ring (bicyclic) bond motifs is 1. The lowest BCUT2D eigenvalue weighted by Gasteiger charge is -2.41. The van der Waals surface area contributed by atoms with Crippen LogP contribution in [0.5, 0.6) is 5.75 Å². The molecule has 6 nitrogen and oxygen atoms in total. The summed E-state index contributed by atoms with van der Waals surface area (Å²) in [6.45, 7) is 7.16. The summed E-state index contributed by atoms with van der Waals surface area (Å²) in [5.74, 6) is 0.130. The largest absolute Gasteiger partial charge is 0.487 e. The van der Waals surface area contributed by atoms with Crippen LogP contribution in [0.3, 0.4) is 0 Å². The number of carbonyl (C=O) groups is 1. The number of nitrogens with zero attached hydrogens (tertiary/aromatic N) is 1. The SMILES string of the molecule is COC(=O)c1ccc2c(c1)C(N(C)S(=O)(=O)C(C)C)CC(C)(C)O2. The molecule has 7 heteroatoms. The molecule has 0 saturated carbocycles. The average molecular weight is 355 g/mol. The monoisotopic (exact) mass is 355 g/mol. The molecule has 1 aliphatic rings. The van der Waals surface area contributed by atoms with Crippen molar-refractivity contribution in [2.75, 3.05) is 14.2 Å². The van der Waals surface area contributed by atoms with Crippen molar-refractivity contribution < 1.29 is 22.7 Å². The van der Waals surface area contributed by atoms with Gasteiger partial charge in [-0.25, -0.2) is 13.2 Å². The van der Waals surface area contributed by atoms with E-state index in [1.54, 1.807) is 39.1 Å². The van der Waals surface area contributed by atoms with Crippen LogP contribution in [-0.4, -0.2) is 43.7 Å². The zero-order valence-electron chi connectivity index (χ0n) is 15.0. The van der Waals surface area contributed by atoms with Gasteiger partial charge in [-0.3, -0.25) is 0 Å². The van der Waals surface area contributed by atoms with Gasteiger partial charge >= 0.3 is 5.97 Å². The second kappa shape index (κ2) is 6.37. The fourth-order valence-corrected chi connectivity index (χ4v) is 4.10. The third-order valence-electron chi connectivity index (χ3n) is 4.30. The highest BCUT2D eigenvalue weighted by atomic mass is 32.2. The second-order valence-electron chi connectivity index (χ2n) is 6.94. The number of esters is 1. The lowest BCUT2D eigenvalue weighted by Crippen LogP contribution is -2.44. The van der Waals surface area contributed by atoms with Crippen LogP contribution < -0.4 is 4.74 Å². The minimum Gasteiger partial charge on any atom is -0.487 e. The zero-order chi connectivity index (χ0) is 18.3. The number of rotatable bonds is 4. The van der Waals surface area contributed by atoms with Gasteiger partial charge in [0.25, 0.3) is 0 Å². The smallest absolute Gasteiger partial charge is 0.337 e. The van der Waals surface area contributed by atoms with Gasteiger partial charge in [0.1, 0.15) is 11.4 Å². The van der Waals surface area contributed by atoms with Crippen LogP contribution in [0, 0.1) is 0 Å². The maximum atomic E-state index is 12.6. The van der Waals surface area contributed by atoms with E-state index < -0.39 is 32.9 Å². The Morgan fingerprint density at radius 2 is 2.00 bits per heavy atom. The van der Waals surface area contributed by atoms with Crippen molar-refractivity contribution in [2.24, 2.45) is 0 Å². The summed E-state index contributed by atoms with van der Waals surface area (Å²) in [5.41, 5.74) is 0.550. The quantitative estimate of drug-likeness (QED) is 0.777. The standard InChI is InChI=1S/C17H25NO5S/c1-11(2)24(20,21)18(5)14-10-17(3,4)23-15-8-7-12(9-13(14)15)16(19)22-6/h7-9,11,14H,10H2,1-6H3. The molecule has 2 rings (SSSR count). The molecule has 0 aliphatic carbocycles. The van der Waals surface area contributed by atoms with E-state index in [0.29, 0.717) is 23.3 Å².